The second kappa shape index (κ2) is 5.69. The number of nitrogens with one attached hydrogen (secondary N) is 1. The molecule has 2 rings (SSSR count). The van der Waals surface area contributed by atoms with Crippen LogP contribution in [0, 0.1) is 11.6 Å². The number of rotatable bonds is 4. The Kier molecular flexibility index (Phi) is 4.00. The molecule has 0 heterocycles. The maximum atomic E-state index is 13.5. The highest BCUT2D eigenvalue weighted by Gasteiger charge is 2.11. The minimum atomic E-state index is -0.599. The standard InChI is InChI=1S/C15H15F2NO/c1-10(9-11-5-7-12(19)8-6-11)18-15-13(16)3-2-4-14(15)17/h2-8,10,18-19H,9H2,1H3. The third kappa shape index (κ3) is 3.44. The third-order valence-electron chi connectivity index (χ3n) is 2.83. The lowest BCUT2D eigenvalue weighted by molar-refractivity contribution is 0.475. The predicted octanol–water partition coefficient (Wildman–Crippen LogP) is 3.71. The molecule has 0 aliphatic heterocycles. The molecule has 2 N–H and O–H groups in total. The average Bonchev–Trinajstić information content (AvgIpc) is 2.37. The summed E-state index contributed by atoms with van der Waals surface area (Å²) in [5.74, 6) is -1.00. The van der Waals surface area contributed by atoms with Crippen LogP contribution in [0.1, 0.15) is 12.5 Å². The topological polar surface area (TPSA) is 32.3 Å². The van der Waals surface area contributed by atoms with Gasteiger partial charge in [-0.2, -0.15) is 0 Å². The molecule has 0 saturated heterocycles. The number of hydrogen-bond acceptors (Lipinski definition) is 2. The molecule has 1 atom stereocenters. The summed E-state index contributed by atoms with van der Waals surface area (Å²) in [5, 5.41) is 12.0. The van der Waals surface area contributed by atoms with Crippen LogP contribution in [0.4, 0.5) is 14.5 Å². The molecule has 0 aliphatic rings. The van der Waals surface area contributed by atoms with Crippen molar-refractivity contribution in [1.82, 2.24) is 0 Å². The van der Waals surface area contributed by atoms with Crippen LogP contribution >= 0.6 is 0 Å². The lowest BCUT2D eigenvalue weighted by Gasteiger charge is -2.16. The zero-order valence-corrected chi connectivity index (χ0v) is 10.5. The number of phenolic OH excluding ortho intramolecular Hbond substituents is 1. The van der Waals surface area contributed by atoms with Crippen molar-refractivity contribution >= 4 is 5.69 Å². The van der Waals surface area contributed by atoms with E-state index in [1.54, 1.807) is 24.3 Å². The molecule has 4 heteroatoms. The van der Waals surface area contributed by atoms with E-state index in [9.17, 15) is 13.9 Å². The van der Waals surface area contributed by atoms with Crippen molar-refractivity contribution in [3.63, 3.8) is 0 Å². The summed E-state index contributed by atoms with van der Waals surface area (Å²) < 4.78 is 26.9. The summed E-state index contributed by atoms with van der Waals surface area (Å²) in [4.78, 5) is 0. The Morgan fingerprint density at radius 3 is 2.21 bits per heavy atom. The van der Waals surface area contributed by atoms with Gasteiger partial charge in [0, 0.05) is 6.04 Å². The second-order valence-electron chi connectivity index (χ2n) is 4.51. The number of hydrogen-bond donors (Lipinski definition) is 2. The van der Waals surface area contributed by atoms with E-state index in [2.05, 4.69) is 5.32 Å². The summed E-state index contributed by atoms with van der Waals surface area (Å²) in [6.07, 6.45) is 0.605. The summed E-state index contributed by atoms with van der Waals surface area (Å²) in [7, 11) is 0. The Morgan fingerprint density at radius 2 is 1.63 bits per heavy atom. The molecular weight excluding hydrogens is 248 g/mol. The van der Waals surface area contributed by atoms with Gasteiger partial charge < -0.3 is 10.4 Å². The quantitative estimate of drug-likeness (QED) is 0.881. The normalized spacial score (nSPS) is 12.2. The Morgan fingerprint density at radius 1 is 1.05 bits per heavy atom. The minimum Gasteiger partial charge on any atom is -0.508 e. The fourth-order valence-electron chi connectivity index (χ4n) is 1.92. The molecule has 2 aromatic rings. The van der Waals surface area contributed by atoms with Gasteiger partial charge in [0.15, 0.2) is 0 Å². The highest BCUT2D eigenvalue weighted by molar-refractivity contribution is 5.47. The van der Waals surface area contributed by atoms with Gasteiger partial charge in [-0.25, -0.2) is 8.78 Å². The van der Waals surface area contributed by atoms with Gasteiger partial charge in [-0.05, 0) is 43.2 Å². The fourth-order valence-corrected chi connectivity index (χ4v) is 1.92. The number of anilines is 1. The number of phenols is 1. The van der Waals surface area contributed by atoms with Gasteiger partial charge >= 0.3 is 0 Å². The first-order valence-corrected chi connectivity index (χ1v) is 6.04. The van der Waals surface area contributed by atoms with Gasteiger partial charge in [-0.15, -0.1) is 0 Å². The molecule has 0 fully saturated rings. The van der Waals surface area contributed by atoms with Crippen molar-refractivity contribution in [2.45, 2.75) is 19.4 Å². The van der Waals surface area contributed by atoms with Crippen LogP contribution in [0.15, 0.2) is 42.5 Å². The molecule has 2 aromatic carbocycles. The molecule has 0 spiro atoms. The van der Waals surface area contributed by atoms with E-state index >= 15 is 0 Å². The SMILES string of the molecule is CC(Cc1ccc(O)cc1)Nc1c(F)cccc1F. The van der Waals surface area contributed by atoms with Crippen LogP contribution < -0.4 is 5.32 Å². The van der Waals surface area contributed by atoms with E-state index in [4.69, 9.17) is 0 Å². The zero-order chi connectivity index (χ0) is 13.8. The maximum absolute atomic E-state index is 13.5. The molecule has 0 radical (unpaired) electrons. The third-order valence-corrected chi connectivity index (χ3v) is 2.83. The van der Waals surface area contributed by atoms with Crippen molar-refractivity contribution in [2.75, 3.05) is 5.32 Å². The minimum absolute atomic E-state index is 0.103. The summed E-state index contributed by atoms with van der Waals surface area (Å²) in [6, 6.07) is 10.4. The molecule has 0 saturated carbocycles. The first kappa shape index (κ1) is 13.3. The Labute approximate surface area is 110 Å². The molecule has 0 aromatic heterocycles. The largest absolute Gasteiger partial charge is 0.508 e. The van der Waals surface area contributed by atoms with Gasteiger partial charge in [0.05, 0.1) is 0 Å². The number of halogens is 2. The summed E-state index contributed by atoms with van der Waals surface area (Å²) >= 11 is 0. The van der Waals surface area contributed by atoms with Crippen LogP contribution in [0.5, 0.6) is 5.75 Å². The average molecular weight is 263 g/mol. The maximum Gasteiger partial charge on any atom is 0.149 e. The van der Waals surface area contributed by atoms with Crippen molar-refractivity contribution < 1.29 is 13.9 Å². The van der Waals surface area contributed by atoms with Crippen LogP contribution in [-0.4, -0.2) is 11.1 Å². The molecule has 19 heavy (non-hydrogen) atoms. The number of para-hydroxylation sites is 1. The van der Waals surface area contributed by atoms with E-state index in [1.807, 2.05) is 6.92 Å². The van der Waals surface area contributed by atoms with Crippen molar-refractivity contribution in [3.8, 4) is 5.75 Å². The van der Waals surface area contributed by atoms with Gasteiger partial charge in [-0.3, -0.25) is 0 Å². The lowest BCUT2D eigenvalue weighted by Crippen LogP contribution is -2.19. The molecule has 0 aliphatic carbocycles. The number of benzene rings is 2. The van der Waals surface area contributed by atoms with Gasteiger partial charge in [0.1, 0.15) is 23.1 Å². The van der Waals surface area contributed by atoms with E-state index in [-0.39, 0.29) is 17.5 Å². The lowest BCUT2D eigenvalue weighted by atomic mass is 10.1. The smallest absolute Gasteiger partial charge is 0.149 e. The molecule has 0 bridgehead atoms. The van der Waals surface area contributed by atoms with Crippen LogP contribution in [0.3, 0.4) is 0 Å². The highest BCUT2D eigenvalue weighted by atomic mass is 19.1. The zero-order valence-electron chi connectivity index (χ0n) is 10.5. The molecular formula is C15H15F2NO. The van der Waals surface area contributed by atoms with Gasteiger partial charge in [-0.1, -0.05) is 18.2 Å². The Bertz CT molecular complexity index is 534. The predicted molar refractivity (Wildman–Crippen MR) is 71.3 cm³/mol. The summed E-state index contributed by atoms with van der Waals surface area (Å²) in [6.45, 7) is 1.85. The monoisotopic (exact) mass is 263 g/mol. The second-order valence-corrected chi connectivity index (χ2v) is 4.51. The highest BCUT2D eigenvalue weighted by Crippen LogP contribution is 2.20. The summed E-state index contributed by atoms with van der Waals surface area (Å²) in [5.41, 5.74) is 0.878. The van der Waals surface area contributed by atoms with Crippen molar-refractivity contribution in [3.05, 3.63) is 59.7 Å². The first-order valence-electron chi connectivity index (χ1n) is 6.04. The van der Waals surface area contributed by atoms with Crippen LogP contribution in [-0.2, 0) is 6.42 Å². The van der Waals surface area contributed by atoms with Crippen molar-refractivity contribution in [1.29, 1.82) is 0 Å². The first-order chi connectivity index (χ1) is 9.06. The van der Waals surface area contributed by atoms with Crippen LogP contribution in [0.25, 0.3) is 0 Å². The molecule has 0 amide bonds. The van der Waals surface area contributed by atoms with Gasteiger partial charge in [0.2, 0.25) is 0 Å². The molecule has 2 nitrogen and oxygen atoms in total. The fraction of sp³-hybridized carbons (Fsp3) is 0.200. The van der Waals surface area contributed by atoms with E-state index < -0.39 is 11.6 Å². The number of aromatic hydroxyl groups is 1. The Balaban J connectivity index is 2.05. The van der Waals surface area contributed by atoms with E-state index in [0.717, 1.165) is 5.56 Å². The molecule has 1 unspecified atom stereocenters. The van der Waals surface area contributed by atoms with E-state index in [0.29, 0.717) is 6.42 Å². The van der Waals surface area contributed by atoms with Crippen molar-refractivity contribution in [2.24, 2.45) is 0 Å². The Hall–Kier alpha value is -2.10. The van der Waals surface area contributed by atoms with Crippen LogP contribution in [0.2, 0.25) is 0 Å². The molecule has 100 valence electrons. The van der Waals surface area contributed by atoms with E-state index in [1.165, 1.54) is 18.2 Å². The van der Waals surface area contributed by atoms with Gasteiger partial charge in [0.25, 0.3) is 0 Å².